The number of amidine groups is 1. The van der Waals surface area contributed by atoms with Gasteiger partial charge in [-0.2, -0.15) is 0 Å². The zero-order valence-corrected chi connectivity index (χ0v) is 20.5. The van der Waals surface area contributed by atoms with Gasteiger partial charge in [0.25, 0.3) is 0 Å². The molecule has 8 rings (SSSR count). The molecule has 0 bridgehead atoms. The molecule has 180 valence electrons. The Bertz CT molecular complexity index is 2050. The van der Waals surface area contributed by atoms with Gasteiger partial charge in [0.1, 0.15) is 5.84 Å². The summed E-state index contributed by atoms with van der Waals surface area (Å²) in [5.74, 6) is 0.812. The van der Waals surface area contributed by atoms with Crippen molar-refractivity contribution >= 4 is 55.8 Å². The summed E-state index contributed by atoms with van der Waals surface area (Å²) in [5.41, 5.74) is 6.75. The van der Waals surface area contributed by atoms with Crippen LogP contribution in [0.5, 0.6) is 0 Å². The van der Waals surface area contributed by atoms with Crippen LogP contribution >= 0.6 is 0 Å². The van der Waals surface area contributed by atoms with Crippen LogP contribution in [0.2, 0.25) is 0 Å². The van der Waals surface area contributed by atoms with Gasteiger partial charge >= 0.3 is 0 Å². The molecule has 7 aromatic rings. The van der Waals surface area contributed by atoms with E-state index in [-0.39, 0.29) is 0 Å². The van der Waals surface area contributed by atoms with Gasteiger partial charge in [-0.25, -0.2) is 9.98 Å². The highest BCUT2D eigenvalue weighted by Gasteiger charge is 2.24. The molecular formula is C33H23N5. The van der Waals surface area contributed by atoms with E-state index in [1.165, 1.54) is 27.1 Å². The number of hydrogen-bond donors (Lipinski definition) is 1. The monoisotopic (exact) mass is 489 g/mol. The van der Waals surface area contributed by atoms with Crippen LogP contribution in [0.3, 0.4) is 0 Å². The number of aromatic nitrogens is 2. The molecule has 1 aliphatic rings. The van der Waals surface area contributed by atoms with Crippen LogP contribution in [0.1, 0.15) is 11.9 Å². The molecule has 0 radical (unpaired) electrons. The van der Waals surface area contributed by atoms with Gasteiger partial charge in [-0.3, -0.25) is 4.57 Å². The fourth-order valence-electron chi connectivity index (χ4n) is 5.85. The molecule has 0 aliphatic carbocycles. The number of aliphatic imine (C=N–C) groups is 2. The van der Waals surface area contributed by atoms with Crippen molar-refractivity contribution in [1.82, 2.24) is 14.5 Å². The Balaban J connectivity index is 1.53. The molecule has 1 N–H and O–H groups in total. The molecule has 0 saturated heterocycles. The highest BCUT2D eigenvalue weighted by atomic mass is 15.3. The van der Waals surface area contributed by atoms with E-state index in [2.05, 4.69) is 118 Å². The molecule has 2 aromatic heterocycles. The number of nitrogens with zero attached hydrogens (tertiary/aromatic N) is 4. The first-order valence-electron chi connectivity index (χ1n) is 12.8. The molecule has 0 amide bonds. The van der Waals surface area contributed by atoms with E-state index in [4.69, 9.17) is 9.98 Å². The average molecular weight is 490 g/mol. The minimum Gasteiger partial charge on any atom is -0.331 e. The van der Waals surface area contributed by atoms with E-state index in [0.29, 0.717) is 0 Å². The quantitative estimate of drug-likeness (QED) is 0.276. The minimum atomic E-state index is -0.443. The minimum absolute atomic E-state index is 0.443. The molecule has 5 nitrogen and oxygen atoms in total. The zero-order valence-electron chi connectivity index (χ0n) is 20.5. The van der Waals surface area contributed by atoms with Crippen LogP contribution in [0.25, 0.3) is 49.3 Å². The Morgan fingerprint density at radius 2 is 1.16 bits per heavy atom. The molecule has 38 heavy (non-hydrogen) atoms. The smallest absolute Gasteiger partial charge is 0.224 e. The van der Waals surface area contributed by atoms with Gasteiger partial charge in [0.05, 0.1) is 28.4 Å². The zero-order chi connectivity index (χ0) is 25.1. The average Bonchev–Trinajstić information content (AvgIpc) is 3.51. The Morgan fingerprint density at radius 1 is 0.553 bits per heavy atom. The number of hydrogen-bond acceptors (Lipinski definition) is 3. The summed E-state index contributed by atoms with van der Waals surface area (Å²) in [5, 5.41) is 8.09. The Labute approximate surface area is 219 Å². The van der Waals surface area contributed by atoms with Crippen molar-refractivity contribution in [3.05, 3.63) is 127 Å². The van der Waals surface area contributed by atoms with E-state index >= 15 is 0 Å². The lowest BCUT2D eigenvalue weighted by Crippen LogP contribution is -2.28. The third-order valence-corrected chi connectivity index (χ3v) is 7.45. The summed E-state index contributed by atoms with van der Waals surface area (Å²) in [7, 11) is 0. The van der Waals surface area contributed by atoms with Crippen molar-refractivity contribution in [3.63, 3.8) is 0 Å². The first-order valence-corrected chi connectivity index (χ1v) is 12.8. The van der Waals surface area contributed by atoms with Crippen LogP contribution in [0.4, 0.5) is 0 Å². The second kappa shape index (κ2) is 8.18. The molecule has 3 heterocycles. The summed E-state index contributed by atoms with van der Waals surface area (Å²) < 4.78 is 4.68. The Kier molecular flexibility index (Phi) is 4.52. The van der Waals surface area contributed by atoms with Gasteiger partial charge in [-0.1, -0.05) is 97.1 Å². The Hall–Kier alpha value is -5.16. The molecule has 0 spiro atoms. The molecule has 5 heteroatoms. The number of benzene rings is 5. The predicted molar refractivity (Wildman–Crippen MR) is 157 cm³/mol. The number of nitrogens with one attached hydrogen (secondary N) is 1. The molecule has 0 fully saturated rings. The van der Waals surface area contributed by atoms with Crippen molar-refractivity contribution in [2.45, 2.75) is 6.29 Å². The normalized spacial score (nSPS) is 15.4. The van der Waals surface area contributed by atoms with Crippen LogP contribution in [-0.4, -0.2) is 21.3 Å². The van der Waals surface area contributed by atoms with Crippen LogP contribution < -0.4 is 5.32 Å². The summed E-state index contributed by atoms with van der Waals surface area (Å²) in [6, 6.07) is 42.5. The Morgan fingerprint density at radius 3 is 1.92 bits per heavy atom. The van der Waals surface area contributed by atoms with Crippen molar-refractivity contribution in [3.8, 4) is 5.69 Å². The summed E-state index contributed by atoms with van der Waals surface area (Å²) in [6.45, 7) is 0. The lowest BCUT2D eigenvalue weighted by molar-refractivity contribution is 0.579. The maximum absolute atomic E-state index is 5.12. The van der Waals surface area contributed by atoms with E-state index in [1.807, 2.05) is 18.2 Å². The summed E-state index contributed by atoms with van der Waals surface area (Å²) in [4.78, 5) is 9.96. The van der Waals surface area contributed by atoms with Crippen LogP contribution in [0, 0.1) is 0 Å². The van der Waals surface area contributed by atoms with Gasteiger partial charge in [0.2, 0.25) is 6.29 Å². The van der Waals surface area contributed by atoms with Crippen molar-refractivity contribution in [1.29, 1.82) is 0 Å². The molecule has 1 unspecified atom stereocenters. The van der Waals surface area contributed by atoms with Crippen molar-refractivity contribution < 1.29 is 0 Å². The molecule has 1 atom stereocenters. The van der Waals surface area contributed by atoms with Gasteiger partial charge in [-0.15, -0.1) is 0 Å². The van der Waals surface area contributed by atoms with E-state index in [1.54, 1.807) is 6.34 Å². The van der Waals surface area contributed by atoms with Gasteiger partial charge in [0, 0.05) is 32.8 Å². The van der Waals surface area contributed by atoms with Crippen LogP contribution in [-0.2, 0) is 0 Å². The number of rotatable bonds is 3. The van der Waals surface area contributed by atoms with Gasteiger partial charge in [-0.05, 0) is 24.3 Å². The maximum Gasteiger partial charge on any atom is 0.224 e. The lowest BCUT2D eigenvalue weighted by atomic mass is 10.1. The standard InChI is InChI=1S/C33H23N5/c1-3-11-22(12-4-1)32-34-21-35-33(36-32)38-29-18-10-8-16-25(29)27-20-19-26-24-15-7-9-17-28(24)37(30(26)31(27)38)23-13-5-2-6-14-23/h1-21,33H,(H,34,35,36). The fourth-order valence-corrected chi connectivity index (χ4v) is 5.85. The fraction of sp³-hybridized carbons (Fsp3) is 0.0303. The predicted octanol–water partition coefficient (Wildman–Crippen LogP) is 7.43. The summed E-state index contributed by atoms with van der Waals surface area (Å²) in [6.07, 6.45) is 1.33. The number of fused-ring (bicyclic) bond motifs is 7. The third kappa shape index (κ3) is 2.99. The summed E-state index contributed by atoms with van der Waals surface area (Å²) >= 11 is 0. The topological polar surface area (TPSA) is 46.6 Å². The van der Waals surface area contributed by atoms with E-state index in [9.17, 15) is 0 Å². The largest absolute Gasteiger partial charge is 0.331 e. The molecule has 5 aromatic carbocycles. The molecular weight excluding hydrogens is 466 g/mol. The highest BCUT2D eigenvalue weighted by Crippen LogP contribution is 2.42. The van der Waals surface area contributed by atoms with E-state index in [0.717, 1.165) is 33.6 Å². The maximum atomic E-state index is 5.12. The van der Waals surface area contributed by atoms with E-state index < -0.39 is 6.29 Å². The molecule has 1 aliphatic heterocycles. The van der Waals surface area contributed by atoms with Gasteiger partial charge < -0.3 is 9.88 Å². The number of para-hydroxylation sites is 3. The SMILES string of the molecule is C1=NC(n2c3ccccc3c3ccc4c5ccccc5n(-c5ccccc5)c4c32)N=C(c2ccccc2)N1. The van der Waals surface area contributed by atoms with Crippen molar-refractivity contribution in [2.24, 2.45) is 9.98 Å². The third-order valence-electron chi connectivity index (χ3n) is 7.45. The lowest BCUT2D eigenvalue weighted by Gasteiger charge is -2.20. The first kappa shape index (κ1) is 21.0. The van der Waals surface area contributed by atoms with Crippen molar-refractivity contribution in [2.75, 3.05) is 0 Å². The first-order chi connectivity index (χ1) is 18.9. The molecule has 0 saturated carbocycles. The van der Waals surface area contributed by atoms with Crippen LogP contribution in [0.15, 0.2) is 131 Å². The second-order valence-electron chi connectivity index (χ2n) is 9.55. The second-order valence-corrected chi connectivity index (χ2v) is 9.55. The highest BCUT2D eigenvalue weighted by molar-refractivity contribution is 6.23. The van der Waals surface area contributed by atoms with Gasteiger partial charge in [0.15, 0.2) is 0 Å².